The van der Waals surface area contributed by atoms with Gasteiger partial charge in [-0.3, -0.25) is 15.6 Å². The summed E-state index contributed by atoms with van der Waals surface area (Å²) in [6, 6.07) is 19.8. The standard InChI is InChI=1S/C20H17ClN4O2S/c21-18-11-10-14(12-22-18)13-27-17-9-5-4-8-16(17)19(26)24-25-20(28)23-15-6-2-1-3-7-15/h1-12H,13H2,(H,24,26)(H2,23,25,28). The van der Waals surface area contributed by atoms with E-state index in [4.69, 9.17) is 28.6 Å². The topological polar surface area (TPSA) is 75.3 Å². The van der Waals surface area contributed by atoms with Crippen molar-refractivity contribution in [3.05, 3.63) is 89.2 Å². The van der Waals surface area contributed by atoms with Gasteiger partial charge >= 0.3 is 0 Å². The average molecular weight is 413 g/mol. The van der Waals surface area contributed by atoms with Crippen LogP contribution in [-0.2, 0) is 6.61 Å². The predicted octanol–water partition coefficient (Wildman–Crippen LogP) is 3.95. The lowest BCUT2D eigenvalue weighted by atomic mass is 10.2. The Hall–Kier alpha value is -3.16. The molecule has 8 heteroatoms. The maximum atomic E-state index is 12.5. The van der Waals surface area contributed by atoms with Crippen molar-refractivity contribution in [3.8, 4) is 5.75 Å². The molecular formula is C20H17ClN4O2S. The van der Waals surface area contributed by atoms with Crippen LogP contribution in [-0.4, -0.2) is 16.0 Å². The SMILES string of the molecule is O=C(NNC(=S)Nc1ccccc1)c1ccccc1OCc1ccc(Cl)nc1. The summed E-state index contributed by atoms with van der Waals surface area (Å²) >= 11 is 11.0. The van der Waals surface area contributed by atoms with Gasteiger partial charge in [0.15, 0.2) is 5.11 Å². The third kappa shape index (κ3) is 5.67. The molecule has 0 spiro atoms. The number of hydrogen-bond acceptors (Lipinski definition) is 4. The molecule has 0 bridgehead atoms. The van der Waals surface area contributed by atoms with Gasteiger partial charge in [-0.1, -0.05) is 48.0 Å². The van der Waals surface area contributed by atoms with Gasteiger partial charge in [0.2, 0.25) is 0 Å². The van der Waals surface area contributed by atoms with Gasteiger partial charge in [-0.25, -0.2) is 4.98 Å². The van der Waals surface area contributed by atoms with E-state index in [2.05, 4.69) is 21.2 Å². The second-order valence-electron chi connectivity index (χ2n) is 5.67. The number of hydrogen-bond donors (Lipinski definition) is 3. The molecule has 0 saturated heterocycles. The Morgan fingerprint density at radius 2 is 1.75 bits per heavy atom. The van der Waals surface area contributed by atoms with Gasteiger partial charge in [0, 0.05) is 17.4 Å². The Morgan fingerprint density at radius 1 is 1.00 bits per heavy atom. The van der Waals surface area contributed by atoms with E-state index in [0.717, 1.165) is 11.3 Å². The molecular weight excluding hydrogens is 396 g/mol. The molecule has 6 nitrogen and oxygen atoms in total. The molecule has 0 radical (unpaired) electrons. The number of rotatable bonds is 5. The van der Waals surface area contributed by atoms with E-state index in [1.54, 1.807) is 36.5 Å². The van der Waals surface area contributed by atoms with Crippen LogP contribution in [0.5, 0.6) is 5.75 Å². The Morgan fingerprint density at radius 3 is 2.50 bits per heavy atom. The fraction of sp³-hybridized carbons (Fsp3) is 0.0500. The van der Waals surface area contributed by atoms with E-state index in [1.165, 1.54) is 0 Å². The van der Waals surface area contributed by atoms with Crippen LogP contribution >= 0.6 is 23.8 Å². The second kappa shape index (κ2) is 9.68. The molecule has 2 aromatic carbocycles. The molecule has 0 aliphatic rings. The van der Waals surface area contributed by atoms with E-state index in [1.807, 2.05) is 36.4 Å². The second-order valence-corrected chi connectivity index (χ2v) is 6.47. The van der Waals surface area contributed by atoms with Gasteiger partial charge in [0.1, 0.15) is 17.5 Å². The molecule has 3 rings (SSSR count). The van der Waals surface area contributed by atoms with E-state index >= 15 is 0 Å². The highest BCUT2D eigenvalue weighted by atomic mass is 35.5. The normalized spacial score (nSPS) is 10.0. The number of carbonyl (C=O) groups excluding carboxylic acids is 1. The summed E-state index contributed by atoms with van der Waals surface area (Å²) in [6.07, 6.45) is 1.63. The molecule has 1 heterocycles. The minimum Gasteiger partial charge on any atom is -0.488 e. The number of para-hydroxylation sites is 2. The largest absolute Gasteiger partial charge is 0.488 e. The first kappa shape index (κ1) is 19.6. The summed E-state index contributed by atoms with van der Waals surface area (Å²) in [4.78, 5) is 16.5. The van der Waals surface area contributed by atoms with Crippen molar-refractivity contribution < 1.29 is 9.53 Å². The third-order valence-corrected chi connectivity index (χ3v) is 4.06. The molecule has 1 amide bonds. The van der Waals surface area contributed by atoms with E-state index in [9.17, 15) is 4.79 Å². The number of aromatic nitrogens is 1. The van der Waals surface area contributed by atoms with E-state index < -0.39 is 0 Å². The van der Waals surface area contributed by atoms with Crippen molar-refractivity contribution in [2.24, 2.45) is 0 Å². The molecule has 142 valence electrons. The van der Waals surface area contributed by atoms with Crippen molar-refractivity contribution in [2.75, 3.05) is 5.32 Å². The number of nitrogens with zero attached hydrogens (tertiary/aromatic N) is 1. The van der Waals surface area contributed by atoms with Gasteiger partial charge in [-0.2, -0.15) is 0 Å². The third-order valence-electron chi connectivity index (χ3n) is 3.64. The predicted molar refractivity (Wildman–Crippen MR) is 113 cm³/mol. The van der Waals surface area contributed by atoms with Crippen LogP contribution in [0.15, 0.2) is 72.9 Å². The van der Waals surface area contributed by atoms with Gasteiger partial charge in [0.05, 0.1) is 5.56 Å². The number of halogens is 1. The minimum atomic E-state index is -0.373. The molecule has 3 N–H and O–H groups in total. The number of carbonyl (C=O) groups is 1. The molecule has 0 saturated carbocycles. The van der Waals surface area contributed by atoms with Crippen LogP contribution in [0.2, 0.25) is 5.15 Å². The van der Waals surface area contributed by atoms with Crippen LogP contribution in [0.4, 0.5) is 5.69 Å². The first-order valence-electron chi connectivity index (χ1n) is 8.36. The number of thiocarbonyl (C=S) groups is 1. The molecule has 0 atom stereocenters. The maximum Gasteiger partial charge on any atom is 0.273 e. The fourth-order valence-corrected chi connectivity index (χ4v) is 2.58. The van der Waals surface area contributed by atoms with Gasteiger partial charge < -0.3 is 10.1 Å². The number of nitrogens with one attached hydrogen (secondary N) is 3. The highest BCUT2D eigenvalue weighted by Crippen LogP contribution is 2.19. The molecule has 0 aliphatic heterocycles. The Kier molecular flexibility index (Phi) is 6.78. The number of pyridine rings is 1. The van der Waals surface area contributed by atoms with Crippen molar-refractivity contribution in [3.63, 3.8) is 0 Å². The van der Waals surface area contributed by atoms with E-state index in [-0.39, 0.29) is 17.6 Å². The molecule has 0 aliphatic carbocycles. The summed E-state index contributed by atoms with van der Waals surface area (Å²) in [5, 5.41) is 3.65. The number of ether oxygens (including phenoxy) is 1. The van der Waals surface area contributed by atoms with Crippen molar-refractivity contribution in [1.82, 2.24) is 15.8 Å². The average Bonchev–Trinajstić information content (AvgIpc) is 2.72. The lowest BCUT2D eigenvalue weighted by molar-refractivity contribution is 0.0939. The summed E-state index contributed by atoms with van der Waals surface area (Å²) in [5.41, 5.74) is 7.27. The summed E-state index contributed by atoms with van der Waals surface area (Å²) in [7, 11) is 0. The highest BCUT2D eigenvalue weighted by molar-refractivity contribution is 7.80. The highest BCUT2D eigenvalue weighted by Gasteiger charge is 2.12. The Labute approximate surface area is 172 Å². The van der Waals surface area contributed by atoms with Gasteiger partial charge in [0.25, 0.3) is 5.91 Å². The lowest BCUT2D eigenvalue weighted by Crippen LogP contribution is -2.43. The first-order chi connectivity index (χ1) is 13.6. The van der Waals surface area contributed by atoms with Crippen LogP contribution in [0.1, 0.15) is 15.9 Å². The van der Waals surface area contributed by atoms with Crippen LogP contribution in [0, 0.1) is 0 Å². The fourth-order valence-electron chi connectivity index (χ4n) is 2.30. The Balaban J connectivity index is 1.57. The van der Waals surface area contributed by atoms with Crippen molar-refractivity contribution in [2.45, 2.75) is 6.61 Å². The smallest absolute Gasteiger partial charge is 0.273 e. The summed E-state index contributed by atoms with van der Waals surface area (Å²) in [6.45, 7) is 0.260. The van der Waals surface area contributed by atoms with Gasteiger partial charge in [-0.15, -0.1) is 0 Å². The zero-order chi connectivity index (χ0) is 19.8. The van der Waals surface area contributed by atoms with Crippen LogP contribution in [0.25, 0.3) is 0 Å². The van der Waals surface area contributed by atoms with Crippen LogP contribution in [0.3, 0.4) is 0 Å². The van der Waals surface area contributed by atoms with E-state index in [0.29, 0.717) is 16.5 Å². The molecule has 0 fully saturated rings. The number of amides is 1. The monoisotopic (exact) mass is 412 g/mol. The zero-order valence-corrected chi connectivity index (χ0v) is 16.3. The molecule has 1 aromatic heterocycles. The Bertz CT molecular complexity index is 952. The minimum absolute atomic E-state index is 0.260. The molecule has 3 aromatic rings. The van der Waals surface area contributed by atoms with Crippen LogP contribution < -0.4 is 20.9 Å². The first-order valence-corrected chi connectivity index (χ1v) is 9.15. The maximum absolute atomic E-state index is 12.5. The summed E-state index contributed by atoms with van der Waals surface area (Å²) in [5.74, 6) is 0.0701. The van der Waals surface area contributed by atoms with Crippen molar-refractivity contribution >= 4 is 40.5 Å². The molecule has 0 unspecified atom stereocenters. The van der Waals surface area contributed by atoms with Gasteiger partial charge in [-0.05, 0) is 42.5 Å². The molecule has 28 heavy (non-hydrogen) atoms. The summed E-state index contributed by atoms with van der Waals surface area (Å²) < 4.78 is 5.77. The zero-order valence-electron chi connectivity index (χ0n) is 14.7. The number of anilines is 1. The number of hydrazine groups is 1. The quantitative estimate of drug-likeness (QED) is 0.335. The lowest BCUT2D eigenvalue weighted by Gasteiger charge is -2.14. The van der Waals surface area contributed by atoms with Crippen molar-refractivity contribution in [1.29, 1.82) is 0 Å². The number of benzene rings is 2.